The highest BCUT2D eigenvalue weighted by molar-refractivity contribution is 6.30. The summed E-state index contributed by atoms with van der Waals surface area (Å²) in [6.45, 7) is 4.06. The monoisotopic (exact) mass is 270 g/mol. The van der Waals surface area contributed by atoms with Crippen LogP contribution >= 0.6 is 11.6 Å². The molecule has 0 atom stereocenters. The van der Waals surface area contributed by atoms with Crippen LogP contribution in [0.5, 0.6) is 0 Å². The molecule has 0 bridgehead atoms. The molecule has 0 fully saturated rings. The third kappa shape index (κ3) is 6.00. The van der Waals surface area contributed by atoms with Crippen LogP contribution in [0.3, 0.4) is 0 Å². The summed E-state index contributed by atoms with van der Waals surface area (Å²) in [5.74, 6) is -0.135. The molecule has 0 aliphatic rings. The zero-order valence-electron chi connectivity index (χ0n) is 10.9. The number of nitrogens with one attached hydrogen (secondary N) is 1. The first-order valence-electron chi connectivity index (χ1n) is 5.72. The van der Waals surface area contributed by atoms with E-state index in [1.54, 1.807) is 50.1 Å². The van der Waals surface area contributed by atoms with E-state index in [2.05, 4.69) is 5.32 Å². The van der Waals surface area contributed by atoms with Gasteiger partial charge in [-0.2, -0.15) is 0 Å². The van der Waals surface area contributed by atoms with Crippen LogP contribution < -0.4 is 5.32 Å². The molecule has 0 heterocycles. The lowest BCUT2D eigenvalue weighted by Gasteiger charge is -2.24. The molecule has 1 aromatic carbocycles. The van der Waals surface area contributed by atoms with E-state index in [-0.39, 0.29) is 12.5 Å². The molecular weight excluding hydrogens is 252 g/mol. The molecule has 1 aromatic rings. The summed E-state index contributed by atoms with van der Waals surface area (Å²) in [5, 5.41) is 13.0. The van der Waals surface area contributed by atoms with Gasteiger partial charge in [0.2, 0.25) is 5.91 Å². The fraction of sp³-hybridized carbons (Fsp3) is 0.462. The fourth-order valence-electron chi connectivity index (χ4n) is 1.73. The zero-order chi connectivity index (χ0) is 13.8. The molecule has 5 heteroatoms. The van der Waals surface area contributed by atoms with Crippen molar-refractivity contribution in [3.05, 3.63) is 29.3 Å². The molecule has 0 unspecified atom stereocenters. The second-order valence-electron chi connectivity index (χ2n) is 5.04. The summed E-state index contributed by atoms with van der Waals surface area (Å²) in [5.41, 5.74) is -0.144. The first-order chi connectivity index (χ1) is 8.26. The topological polar surface area (TPSA) is 52.6 Å². The Morgan fingerprint density at radius 2 is 2.17 bits per heavy atom. The number of likely N-dealkylation sites (N-methyl/N-ethyl adjacent to an activating group) is 1. The third-order valence-corrected chi connectivity index (χ3v) is 2.41. The van der Waals surface area contributed by atoms with Gasteiger partial charge in [-0.3, -0.25) is 9.69 Å². The number of hydrogen-bond donors (Lipinski definition) is 2. The third-order valence-electron chi connectivity index (χ3n) is 2.18. The van der Waals surface area contributed by atoms with E-state index in [0.717, 1.165) is 0 Å². The number of amides is 1. The molecule has 0 aliphatic carbocycles. The Hall–Kier alpha value is -1.10. The van der Waals surface area contributed by atoms with Crippen LogP contribution in [-0.4, -0.2) is 41.7 Å². The van der Waals surface area contributed by atoms with Crippen LogP contribution in [0.1, 0.15) is 13.8 Å². The van der Waals surface area contributed by atoms with Crippen molar-refractivity contribution in [1.82, 2.24) is 4.90 Å². The molecule has 0 aliphatic heterocycles. The average Bonchev–Trinajstić information content (AvgIpc) is 2.13. The van der Waals surface area contributed by atoms with E-state index < -0.39 is 5.60 Å². The van der Waals surface area contributed by atoms with E-state index in [0.29, 0.717) is 17.3 Å². The Morgan fingerprint density at radius 1 is 1.50 bits per heavy atom. The number of aliphatic hydroxyl groups is 1. The van der Waals surface area contributed by atoms with Crippen molar-refractivity contribution in [2.75, 3.05) is 25.5 Å². The molecular formula is C13H19ClN2O2. The molecule has 0 spiro atoms. The van der Waals surface area contributed by atoms with Gasteiger partial charge in [-0.05, 0) is 39.1 Å². The molecule has 1 rings (SSSR count). The Labute approximate surface area is 113 Å². The first-order valence-corrected chi connectivity index (χ1v) is 6.10. The second-order valence-corrected chi connectivity index (χ2v) is 5.48. The highest BCUT2D eigenvalue weighted by atomic mass is 35.5. The van der Waals surface area contributed by atoms with Crippen LogP contribution in [0.25, 0.3) is 0 Å². The van der Waals surface area contributed by atoms with Crippen LogP contribution in [0, 0.1) is 0 Å². The molecule has 2 N–H and O–H groups in total. The number of carbonyl (C=O) groups excluding carboxylic acids is 1. The van der Waals surface area contributed by atoms with Gasteiger partial charge in [0.15, 0.2) is 0 Å². The smallest absolute Gasteiger partial charge is 0.238 e. The Balaban J connectivity index is 2.47. The van der Waals surface area contributed by atoms with Crippen LogP contribution in [0.4, 0.5) is 5.69 Å². The van der Waals surface area contributed by atoms with Gasteiger partial charge < -0.3 is 10.4 Å². The largest absolute Gasteiger partial charge is 0.389 e. The Bertz CT molecular complexity index is 416. The minimum absolute atomic E-state index is 0.135. The number of nitrogens with zero attached hydrogens (tertiary/aromatic N) is 1. The van der Waals surface area contributed by atoms with Crippen molar-refractivity contribution in [1.29, 1.82) is 0 Å². The number of carbonyl (C=O) groups is 1. The molecule has 18 heavy (non-hydrogen) atoms. The summed E-state index contributed by atoms with van der Waals surface area (Å²) >= 11 is 5.83. The van der Waals surface area contributed by atoms with Crippen molar-refractivity contribution in [3.63, 3.8) is 0 Å². The molecule has 0 saturated carbocycles. The molecule has 0 aromatic heterocycles. The maximum absolute atomic E-state index is 11.7. The number of rotatable bonds is 5. The summed E-state index contributed by atoms with van der Waals surface area (Å²) in [4.78, 5) is 13.5. The minimum Gasteiger partial charge on any atom is -0.389 e. The van der Waals surface area contributed by atoms with Gasteiger partial charge in [0.25, 0.3) is 0 Å². The maximum atomic E-state index is 11.7. The van der Waals surface area contributed by atoms with Crippen LogP contribution in [-0.2, 0) is 4.79 Å². The van der Waals surface area contributed by atoms with E-state index in [1.165, 1.54) is 0 Å². The lowest BCUT2D eigenvalue weighted by molar-refractivity contribution is -0.117. The van der Waals surface area contributed by atoms with Gasteiger partial charge in [0.05, 0.1) is 12.1 Å². The van der Waals surface area contributed by atoms with Crippen molar-refractivity contribution < 1.29 is 9.90 Å². The van der Waals surface area contributed by atoms with Gasteiger partial charge in [0.1, 0.15) is 0 Å². The second kappa shape index (κ2) is 6.18. The molecule has 100 valence electrons. The van der Waals surface area contributed by atoms with Crippen LogP contribution in [0.15, 0.2) is 24.3 Å². The van der Waals surface area contributed by atoms with Crippen molar-refractivity contribution in [3.8, 4) is 0 Å². The van der Waals surface area contributed by atoms with Gasteiger partial charge in [-0.1, -0.05) is 17.7 Å². The molecule has 4 nitrogen and oxygen atoms in total. The predicted molar refractivity (Wildman–Crippen MR) is 73.9 cm³/mol. The quantitative estimate of drug-likeness (QED) is 0.860. The molecule has 0 radical (unpaired) electrons. The van der Waals surface area contributed by atoms with Gasteiger partial charge in [0, 0.05) is 17.3 Å². The van der Waals surface area contributed by atoms with Crippen LogP contribution in [0.2, 0.25) is 5.02 Å². The Kier molecular flexibility index (Phi) is 5.14. The average molecular weight is 271 g/mol. The molecule has 0 saturated heterocycles. The number of hydrogen-bond acceptors (Lipinski definition) is 3. The fourth-order valence-corrected chi connectivity index (χ4v) is 1.92. The predicted octanol–water partition coefficient (Wildman–Crippen LogP) is 1.98. The lowest BCUT2D eigenvalue weighted by Crippen LogP contribution is -2.40. The van der Waals surface area contributed by atoms with E-state index in [9.17, 15) is 9.90 Å². The minimum atomic E-state index is -0.814. The Morgan fingerprint density at radius 3 is 2.72 bits per heavy atom. The van der Waals surface area contributed by atoms with Gasteiger partial charge >= 0.3 is 0 Å². The highest BCUT2D eigenvalue weighted by Gasteiger charge is 2.17. The van der Waals surface area contributed by atoms with Gasteiger partial charge in [-0.25, -0.2) is 0 Å². The zero-order valence-corrected chi connectivity index (χ0v) is 11.7. The normalized spacial score (nSPS) is 11.7. The lowest BCUT2D eigenvalue weighted by atomic mass is 10.1. The maximum Gasteiger partial charge on any atom is 0.238 e. The summed E-state index contributed by atoms with van der Waals surface area (Å²) in [6.07, 6.45) is 0. The number of halogens is 1. The van der Waals surface area contributed by atoms with E-state index in [4.69, 9.17) is 11.6 Å². The van der Waals surface area contributed by atoms with Crippen molar-refractivity contribution >= 4 is 23.2 Å². The van der Waals surface area contributed by atoms with Gasteiger partial charge in [-0.15, -0.1) is 0 Å². The SMILES string of the molecule is CN(CC(=O)Nc1cccc(Cl)c1)CC(C)(C)O. The molecule has 1 amide bonds. The van der Waals surface area contributed by atoms with Crippen molar-refractivity contribution in [2.45, 2.75) is 19.4 Å². The van der Waals surface area contributed by atoms with E-state index >= 15 is 0 Å². The van der Waals surface area contributed by atoms with E-state index in [1.807, 2.05) is 0 Å². The summed E-state index contributed by atoms with van der Waals surface area (Å²) in [6, 6.07) is 6.99. The number of benzene rings is 1. The highest BCUT2D eigenvalue weighted by Crippen LogP contribution is 2.14. The van der Waals surface area contributed by atoms with Crippen molar-refractivity contribution in [2.24, 2.45) is 0 Å². The number of anilines is 1. The first kappa shape index (κ1) is 15.0. The standard InChI is InChI=1S/C13H19ClN2O2/c1-13(2,18)9-16(3)8-12(17)15-11-6-4-5-10(14)7-11/h4-7,18H,8-9H2,1-3H3,(H,15,17). The summed E-state index contributed by atoms with van der Waals surface area (Å²) < 4.78 is 0. The summed E-state index contributed by atoms with van der Waals surface area (Å²) in [7, 11) is 1.79.